The number of hydrogen-bond acceptors (Lipinski definition) is 2. The third kappa shape index (κ3) is 3.98. The number of benzene rings is 1. The number of aromatic nitrogens is 2. The van der Waals surface area contributed by atoms with Crippen LogP contribution in [-0.4, -0.2) is 15.7 Å². The molecular formula is C13H11ClF3N3O. The Morgan fingerprint density at radius 1 is 1.38 bits per heavy atom. The first-order valence-corrected chi connectivity index (χ1v) is 6.30. The first-order chi connectivity index (χ1) is 9.75. The zero-order valence-corrected chi connectivity index (χ0v) is 11.7. The lowest BCUT2D eigenvalue weighted by atomic mass is 10.2. The van der Waals surface area contributed by atoms with Crippen LogP contribution >= 0.6 is 11.6 Å². The molecule has 1 N–H and O–H groups in total. The zero-order chi connectivity index (χ0) is 15.6. The minimum atomic E-state index is -4.53. The van der Waals surface area contributed by atoms with Crippen molar-refractivity contribution in [3.05, 3.63) is 46.7 Å². The molecule has 8 heteroatoms. The molecule has 1 aromatic carbocycles. The molecule has 112 valence electrons. The molecule has 0 aliphatic rings. The lowest BCUT2D eigenvalue weighted by molar-refractivity contribution is -0.141. The molecule has 0 spiro atoms. The minimum Gasteiger partial charge on any atom is -0.323 e. The summed E-state index contributed by atoms with van der Waals surface area (Å²) in [6, 6.07) is 5.87. The summed E-state index contributed by atoms with van der Waals surface area (Å²) in [6.07, 6.45) is -3.43. The monoisotopic (exact) mass is 317 g/mol. The summed E-state index contributed by atoms with van der Waals surface area (Å²) in [5, 5.41) is 6.18. The van der Waals surface area contributed by atoms with E-state index in [0.29, 0.717) is 10.7 Å². The van der Waals surface area contributed by atoms with Gasteiger partial charge in [-0.25, -0.2) is 0 Å². The second kappa shape index (κ2) is 5.77. The largest absolute Gasteiger partial charge is 0.435 e. The Labute approximate surface area is 123 Å². The standard InChI is InChI=1S/C13H11ClF3N3O/c1-8-2-3-10(9(14)6-8)18-12(21)7-20-5-4-11(19-20)13(15,16)17/h2-6H,7H2,1H3,(H,18,21). The summed E-state index contributed by atoms with van der Waals surface area (Å²) >= 11 is 5.95. The van der Waals surface area contributed by atoms with Gasteiger partial charge in [-0.15, -0.1) is 0 Å². The van der Waals surface area contributed by atoms with Crippen molar-refractivity contribution in [2.75, 3.05) is 5.32 Å². The summed E-state index contributed by atoms with van der Waals surface area (Å²) in [5.41, 5.74) is 0.291. The van der Waals surface area contributed by atoms with Gasteiger partial charge < -0.3 is 5.32 Å². The number of halogens is 4. The van der Waals surface area contributed by atoms with Crippen LogP contribution < -0.4 is 5.32 Å². The molecule has 1 aromatic heterocycles. The molecule has 0 saturated heterocycles. The molecule has 2 aromatic rings. The van der Waals surface area contributed by atoms with Gasteiger partial charge in [-0.05, 0) is 30.7 Å². The summed E-state index contributed by atoms with van der Waals surface area (Å²) in [7, 11) is 0. The Kier molecular flexibility index (Phi) is 4.22. The van der Waals surface area contributed by atoms with Crippen molar-refractivity contribution in [1.82, 2.24) is 9.78 Å². The Morgan fingerprint density at radius 3 is 2.67 bits per heavy atom. The highest BCUT2D eigenvalue weighted by Gasteiger charge is 2.33. The first kappa shape index (κ1) is 15.4. The highest BCUT2D eigenvalue weighted by atomic mass is 35.5. The van der Waals surface area contributed by atoms with Crippen molar-refractivity contribution in [3.63, 3.8) is 0 Å². The second-order valence-corrected chi connectivity index (χ2v) is 4.83. The van der Waals surface area contributed by atoms with Crippen LogP contribution in [0.15, 0.2) is 30.5 Å². The van der Waals surface area contributed by atoms with Gasteiger partial charge >= 0.3 is 6.18 Å². The van der Waals surface area contributed by atoms with Gasteiger partial charge in [0.25, 0.3) is 0 Å². The molecule has 0 bridgehead atoms. The lowest BCUT2D eigenvalue weighted by Gasteiger charge is -2.08. The average molecular weight is 318 g/mol. The smallest absolute Gasteiger partial charge is 0.323 e. The van der Waals surface area contributed by atoms with E-state index in [9.17, 15) is 18.0 Å². The minimum absolute atomic E-state index is 0.333. The average Bonchev–Trinajstić information content (AvgIpc) is 2.81. The second-order valence-electron chi connectivity index (χ2n) is 4.43. The number of carbonyl (C=O) groups excluding carboxylic acids is 1. The molecule has 4 nitrogen and oxygen atoms in total. The van der Waals surface area contributed by atoms with E-state index in [1.807, 2.05) is 6.92 Å². The predicted octanol–water partition coefficient (Wildman–Crippen LogP) is 3.50. The zero-order valence-electron chi connectivity index (χ0n) is 10.9. The molecule has 0 atom stereocenters. The van der Waals surface area contributed by atoms with E-state index in [1.165, 1.54) is 0 Å². The number of amides is 1. The number of aryl methyl sites for hydroxylation is 1. The number of hydrogen-bond donors (Lipinski definition) is 1. The van der Waals surface area contributed by atoms with Gasteiger partial charge in [-0.2, -0.15) is 18.3 Å². The van der Waals surface area contributed by atoms with Crippen LogP contribution in [-0.2, 0) is 17.5 Å². The molecule has 1 heterocycles. The third-order valence-corrected chi connectivity index (χ3v) is 2.95. The maximum Gasteiger partial charge on any atom is 0.435 e. The molecule has 21 heavy (non-hydrogen) atoms. The number of nitrogens with one attached hydrogen (secondary N) is 1. The molecule has 0 saturated carbocycles. The highest BCUT2D eigenvalue weighted by molar-refractivity contribution is 6.33. The summed E-state index contributed by atoms with van der Waals surface area (Å²) in [6.45, 7) is 1.51. The Hall–Kier alpha value is -2.02. The van der Waals surface area contributed by atoms with Crippen molar-refractivity contribution >= 4 is 23.2 Å². The van der Waals surface area contributed by atoms with E-state index < -0.39 is 17.8 Å². The van der Waals surface area contributed by atoms with E-state index in [2.05, 4.69) is 10.4 Å². The van der Waals surface area contributed by atoms with Crippen molar-refractivity contribution in [1.29, 1.82) is 0 Å². The molecule has 0 fully saturated rings. The fourth-order valence-electron chi connectivity index (χ4n) is 1.66. The molecular weight excluding hydrogens is 307 g/mol. The number of rotatable bonds is 3. The number of anilines is 1. The van der Waals surface area contributed by atoms with Crippen molar-refractivity contribution in [3.8, 4) is 0 Å². The van der Waals surface area contributed by atoms with Gasteiger partial charge in [0, 0.05) is 6.20 Å². The van der Waals surface area contributed by atoms with Gasteiger partial charge in [-0.1, -0.05) is 17.7 Å². The van der Waals surface area contributed by atoms with Crippen LogP contribution in [0.5, 0.6) is 0 Å². The van der Waals surface area contributed by atoms with Crippen molar-refractivity contribution < 1.29 is 18.0 Å². The van der Waals surface area contributed by atoms with Crippen LogP contribution in [0.3, 0.4) is 0 Å². The van der Waals surface area contributed by atoms with Crippen molar-refractivity contribution in [2.24, 2.45) is 0 Å². The fraction of sp³-hybridized carbons (Fsp3) is 0.231. The number of nitrogens with zero attached hydrogens (tertiary/aromatic N) is 2. The molecule has 0 aliphatic heterocycles. The Balaban J connectivity index is 2.03. The maximum absolute atomic E-state index is 12.4. The van der Waals surface area contributed by atoms with Gasteiger partial charge in [0.05, 0.1) is 10.7 Å². The predicted molar refractivity (Wildman–Crippen MR) is 72.0 cm³/mol. The SMILES string of the molecule is Cc1ccc(NC(=O)Cn2ccc(C(F)(F)F)n2)c(Cl)c1. The Morgan fingerprint density at radius 2 is 2.10 bits per heavy atom. The van der Waals surface area contributed by atoms with Crippen LogP contribution in [0, 0.1) is 6.92 Å². The quantitative estimate of drug-likeness (QED) is 0.941. The van der Waals surface area contributed by atoms with Crippen molar-refractivity contribution in [2.45, 2.75) is 19.6 Å². The first-order valence-electron chi connectivity index (χ1n) is 5.92. The molecule has 0 unspecified atom stereocenters. The number of carbonyl (C=O) groups is 1. The van der Waals surface area contributed by atoms with Crippen LogP contribution in [0.2, 0.25) is 5.02 Å². The molecule has 0 radical (unpaired) electrons. The normalized spacial score (nSPS) is 11.5. The summed E-state index contributed by atoms with van der Waals surface area (Å²) < 4.78 is 38.1. The van der Waals surface area contributed by atoms with E-state index in [0.717, 1.165) is 22.5 Å². The van der Waals surface area contributed by atoms with Gasteiger partial charge in [0.1, 0.15) is 6.54 Å². The Bertz CT molecular complexity index is 667. The third-order valence-electron chi connectivity index (χ3n) is 2.64. The van der Waals surface area contributed by atoms with E-state index >= 15 is 0 Å². The lowest BCUT2D eigenvalue weighted by Crippen LogP contribution is -2.20. The van der Waals surface area contributed by atoms with Gasteiger partial charge in [0.15, 0.2) is 5.69 Å². The van der Waals surface area contributed by atoms with Gasteiger partial charge in [0.2, 0.25) is 5.91 Å². The van der Waals surface area contributed by atoms with E-state index in [-0.39, 0.29) is 6.54 Å². The summed E-state index contributed by atoms with van der Waals surface area (Å²) in [5.74, 6) is -0.516. The summed E-state index contributed by atoms with van der Waals surface area (Å²) in [4.78, 5) is 11.8. The van der Waals surface area contributed by atoms with Crippen LogP contribution in [0.4, 0.5) is 18.9 Å². The van der Waals surface area contributed by atoms with Gasteiger partial charge in [-0.3, -0.25) is 9.48 Å². The molecule has 2 rings (SSSR count). The van der Waals surface area contributed by atoms with Crippen LogP contribution in [0.25, 0.3) is 0 Å². The maximum atomic E-state index is 12.4. The highest BCUT2D eigenvalue weighted by Crippen LogP contribution is 2.27. The molecule has 1 amide bonds. The van der Waals surface area contributed by atoms with E-state index in [4.69, 9.17) is 11.6 Å². The number of alkyl halides is 3. The fourth-order valence-corrected chi connectivity index (χ4v) is 1.94. The molecule has 0 aliphatic carbocycles. The van der Waals surface area contributed by atoms with Crippen LogP contribution in [0.1, 0.15) is 11.3 Å². The topological polar surface area (TPSA) is 46.9 Å². The van der Waals surface area contributed by atoms with E-state index in [1.54, 1.807) is 18.2 Å².